The molecule has 0 aliphatic carbocycles. The molecule has 78 valence electrons. The summed E-state index contributed by atoms with van der Waals surface area (Å²) in [4.78, 5) is 34.2. The summed E-state index contributed by atoms with van der Waals surface area (Å²) >= 11 is 0. The average molecular weight is 199 g/mol. The minimum absolute atomic E-state index is 0.0953. The van der Waals surface area contributed by atoms with Gasteiger partial charge in [-0.05, 0) is 20.8 Å². The summed E-state index contributed by atoms with van der Waals surface area (Å²) < 4.78 is 4.91. The first-order valence-electron chi connectivity index (χ1n) is 4.40. The first-order valence-corrected chi connectivity index (χ1v) is 4.40. The summed E-state index contributed by atoms with van der Waals surface area (Å²) in [6.45, 7) is 5.03. The second kappa shape index (κ2) is 3.40. The lowest BCUT2D eigenvalue weighted by atomic mass is 10.2. The van der Waals surface area contributed by atoms with Gasteiger partial charge in [-0.1, -0.05) is 0 Å². The van der Waals surface area contributed by atoms with Gasteiger partial charge in [-0.2, -0.15) is 4.90 Å². The lowest BCUT2D eigenvalue weighted by molar-refractivity contribution is -0.137. The molecule has 0 spiro atoms. The third-order valence-electron chi connectivity index (χ3n) is 1.63. The first kappa shape index (κ1) is 10.7. The number of likely N-dealkylation sites (tertiary alicyclic amines) is 1. The number of hydrogen-bond acceptors (Lipinski definition) is 4. The van der Waals surface area contributed by atoms with Crippen LogP contribution >= 0.6 is 0 Å². The fourth-order valence-corrected chi connectivity index (χ4v) is 1.09. The van der Waals surface area contributed by atoms with Crippen molar-refractivity contribution in [2.75, 3.05) is 0 Å². The molecule has 0 saturated carbocycles. The molecular formula is C9H13NO4. The number of ether oxygens (including phenoxy) is 1. The van der Waals surface area contributed by atoms with E-state index in [0.29, 0.717) is 4.90 Å². The van der Waals surface area contributed by atoms with Gasteiger partial charge in [0.05, 0.1) is 0 Å². The van der Waals surface area contributed by atoms with E-state index in [2.05, 4.69) is 0 Å². The fourth-order valence-electron chi connectivity index (χ4n) is 1.09. The lowest BCUT2D eigenvalue weighted by Gasteiger charge is -2.22. The van der Waals surface area contributed by atoms with Gasteiger partial charge in [0, 0.05) is 12.8 Å². The maximum Gasteiger partial charge on any atom is 0.424 e. The highest BCUT2D eigenvalue weighted by Crippen LogP contribution is 2.16. The Balaban J connectivity index is 2.70. The molecule has 1 saturated heterocycles. The van der Waals surface area contributed by atoms with Crippen LogP contribution in [0.25, 0.3) is 0 Å². The van der Waals surface area contributed by atoms with E-state index in [1.807, 2.05) is 0 Å². The van der Waals surface area contributed by atoms with Crippen molar-refractivity contribution >= 4 is 17.9 Å². The minimum atomic E-state index is -0.870. The molecule has 5 heteroatoms. The molecule has 1 rings (SSSR count). The Morgan fingerprint density at radius 3 is 2.00 bits per heavy atom. The Hall–Kier alpha value is -1.39. The van der Waals surface area contributed by atoms with Crippen molar-refractivity contribution in [2.45, 2.75) is 39.2 Å². The molecule has 1 aliphatic rings. The molecule has 3 amide bonds. The van der Waals surface area contributed by atoms with Crippen LogP contribution in [0.1, 0.15) is 33.6 Å². The number of carbonyl (C=O) groups excluding carboxylic acids is 3. The van der Waals surface area contributed by atoms with Gasteiger partial charge in [-0.3, -0.25) is 9.59 Å². The van der Waals surface area contributed by atoms with Crippen LogP contribution in [0.5, 0.6) is 0 Å². The van der Waals surface area contributed by atoms with Gasteiger partial charge in [0.1, 0.15) is 5.60 Å². The van der Waals surface area contributed by atoms with E-state index < -0.39 is 23.5 Å². The lowest BCUT2D eigenvalue weighted by Crippen LogP contribution is -2.39. The van der Waals surface area contributed by atoms with Crippen LogP contribution in [0.15, 0.2) is 0 Å². The van der Waals surface area contributed by atoms with Gasteiger partial charge in [-0.15, -0.1) is 0 Å². The molecule has 0 atom stereocenters. The predicted molar refractivity (Wildman–Crippen MR) is 47.3 cm³/mol. The maximum absolute atomic E-state index is 11.3. The van der Waals surface area contributed by atoms with Crippen LogP contribution in [-0.2, 0) is 14.3 Å². The van der Waals surface area contributed by atoms with Crippen molar-refractivity contribution in [3.8, 4) is 0 Å². The van der Waals surface area contributed by atoms with Gasteiger partial charge in [0.25, 0.3) is 0 Å². The third-order valence-corrected chi connectivity index (χ3v) is 1.63. The Morgan fingerprint density at radius 2 is 1.64 bits per heavy atom. The van der Waals surface area contributed by atoms with E-state index in [4.69, 9.17) is 4.74 Å². The van der Waals surface area contributed by atoms with Crippen molar-refractivity contribution in [3.05, 3.63) is 0 Å². The number of hydrogen-bond donors (Lipinski definition) is 0. The number of carbonyl (C=O) groups is 3. The highest BCUT2D eigenvalue weighted by atomic mass is 16.6. The van der Waals surface area contributed by atoms with Crippen molar-refractivity contribution in [1.82, 2.24) is 4.90 Å². The Morgan fingerprint density at radius 1 is 1.21 bits per heavy atom. The summed E-state index contributed by atoms with van der Waals surface area (Å²) in [6.07, 6.45) is -0.680. The van der Waals surface area contributed by atoms with Gasteiger partial charge in [-0.25, -0.2) is 4.79 Å². The number of rotatable bonds is 0. The number of amides is 3. The summed E-state index contributed by atoms with van der Waals surface area (Å²) in [5, 5.41) is 0. The molecule has 14 heavy (non-hydrogen) atoms. The van der Waals surface area contributed by atoms with Crippen LogP contribution in [0, 0.1) is 0 Å². The minimum Gasteiger partial charge on any atom is -0.443 e. The average Bonchev–Trinajstić information content (AvgIpc) is 2.27. The molecule has 0 aromatic rings. The van der Waals surface area contributed by atoms with E-state index in [9.17, 15) is 14.4 Å². The number of nitrogens with zero attached hydrogens (tertiary/aromatic N) is 1. The zero-order chi connectivity index (χ0) is 10.9. The van der Waals surface area contributed by atoms with Crippen LogP contribution < -0.4 is 0 Å². The maximum atomic E-state index is 11.3. The molecule has 1 heterocycles. The molecule has 1 fully saturated rings. The van der Waals surface area contributed by atoms with Crippen LogP contribution in [0.3, 0.4) is 0 Å². The summed E-state index contributed by atoms with van der Waals surface area (Å²) in [5.41, 5.74) is -0.694. The molecule has 0 aromatic heterocycles. The summed E-state index contributed by atoms with van der Waals surface area (Å²) in [7, 11) is 0. The number of imide groups is 3. The molecular weight excluding hydrogens is 186 g/mol. The van der Waals surface area contributed by atoms with E-state index in [-0.39, 0.29) is 12.8 Å². The quantitative estimate of drug-likeness (QED) is 0.547. The van der Waals surface area contributed by atoms with Crippen LogP contribution in [-0.4, -0.2) is 28.4 Å². The largest absolute Gasteiger partial charge is 0.443 e. The predicted octanol–water partition coefficient (Wildman–Crippen LogP) is 1.07. The third kappa shape index (κ3) is 2.31. The second-order valence-corrected chi connectivity index (χ2v) is 4.10. The monoisotopic (exact) mass is 199 g/mol. The molecule has 5 nitrogen and oxygen atoms in total. The molecule has 0 radical (unpaired) electrons. The van der Waals surface area contributed by atoms with E-state index in [0.717, 1.165) is 0 Å². The SMILES string of the molecule is CC(C)(C)OC(=O)N1C(=O)CCC1=O. The topological polar surface area (TPSA) is 63.7 Å². The summed E-state index contributed by atoms with van der Waals surface area (Å²) in [6, 6.07) is 0. The normalized spacial score (nSPS) is 17.5. The summed E-state index contributed by atoms with van der Waals surface area (Å²) in [5.74, 6) is -0.964. The zero-order valence-electron chi connectivity index (χ0n) is 8.49. The molecule has 0 bridgehead atoms. The molecule has 1 aliphatic heterocycles. The van der Waals surface area contributed by atoms with Gasteiger partial charge < -0.3 is 4.74 Å². The fraction of sp³-hybridized carbons (Fsp3) is 0.667. The second-order valence-electron chi connectivity index (χ2n) is 4.10. The van der Waals surface area contributed by atoms with Crippen molar-refractivity contribution in [3.63, 3.8) is 0 Å². The van der Waals surface area contributed by atoms with Gasteiger partial charge in [0.2, 0.25) is 11.8 Å². The van der Waals surface area contributed by atoms with Gasteiger partial charge >= 0.3 is 6.09 Å². The highest BCUT2D eigenvalue weighted by Gasteiger charge is 2.37. The Kier molecular flexibility index (Phi) is 2.59. The smallest absolute Gasteiger partial charge is 0.424 e. The van der Waals surface area contributed by atoms with E-state index in [1.165, 1.54) is 0 Å². The van der Waals surface area contributed by atoms with Gasteiger partial charge in [0.15, 0.2) is 0 Å². The highest BCUT2D eigenvalue weighted by molar-refractivity contribution is 6.13. The van der Waals surface area contributed by atoms with Crippen molar-refractivity contribution < 1.29 is 19.1 Å². The molecule has 0 unspecified atom stereocenters. The standard InChI is InChI=1S/C9H13NO4/c1-9(2,3)14-8(13)10-6(11)4-5-7(10)12/h4-5H2,1-3H3. The van der Waals surface area contributed by atoms with Crippen molar-refractivity contribution in [1.29, 1.82) is 0 Å². The first-order chi connectivity index (χ1) is 6.31. The molecule has 0 N–H and O–H groups in total. The van der Waals surface area contributed by atoms with Crippen LogP contribution in [0.4, 0.5) is 4.79 Å². The van der Waals surface area contributed by atoms with Crippen molar-refractivity contribution in [2.24, 2.45) is 0 Å². The Bertz CT molecular complexity index is 274. The van der Waals surface area contributed by atoms with E-state index >= 15 is 0 Å². The molecule has 0 aromatic carbocycles. The van der Waals surface area contributed by atoms with E-state index in [1.54, 1.807) is 20.8 Å². The van der Waals surface area contributed by atoms with Crippen LogP contribution in [0.2, 0.25) is 0 Å². The zero-order valence-corrected chi connectivity index (χ0v) is 8.49. The Labute approximate surface area is 82.0 Å².